The third kappa shape index (κ3) is 3.25. The van der Waals surface area contributed by atoms with Crippen LogP contribution in [0.4, 0.5) is 0 Å². The quantitative estimate of drug-likeness (QED) is 0.890. The van der Waals surface area contributed by atoms with Crippen LogP contribution in [-0.2, 0) is 0 Å². The maximum atomic E-state index is 5.84. The summed E-state index contributed by atoms with van der Waals surface area (Å²) in [5.41, 5.74) is 12.2. The van der Waals surface area contributed by atoms with Crippen LogP contribution in [0, 0.1) is 0 Å². The molecule has 0 saturated heterocycles. The third-order valence-corrected chi connectivity index (χ3v) is 2.93. The Morgan fingerprint density at radius 3 is 2.00 bits per heavy atom. The lowest BCUT2D eigenvalue weighted by molar-refractivity contribution is 0.388. The van der Waals surface area contributed by atoms with Crippen molar-refractivity contribution in [2.24, 2.45) is 11.5 Å². The first-order chi connectivity index (χ1) is 7.13. The lowest BCUT2D eigenvalue weighted by atomic mass is 10.1. The normalized spacial score (nSPS) is 11.6. The molecule has 1 rings (SSSR count). The maximum absolute atomic E-state index is 5.84. The topological polar surface area (TPSA) is 70.5 Å². The van der Waals surface area contributed by atoms with Crippen molar-refractivity contribution in [3.8, 4) is 11.5 Å². The van der Waals surface area contributed by atoms with Crippen LogP contribution in [-0.4, -0.2) is 20.8 Å². The Morgan fingerprint density at radius 2 is 1.69 bits per heavy atom. The van der Waals surface area contributed by atoms with Crippen molar-refractivity contribution in [3.05, 3.63) is 22.2 Å². The third-order valence-electron chi connectivity index (χ3n) is 2.15. The van der Waals surface area contributed by atoms with Gasteiger partial charge in [0.05, 0.1) is 14.2 Å². The van der Waals surface area contributed by atoms with Crippen LogP contribution >= 0.6 is 28.3 Å². The minimum Gasteiger partial charge on any atom is -0.495 e. The van der Waals surface area contributed by atoms with Gasteiger partial charge in [-0.05, 0) is 33.6 Å². The van der Waals surface area contributed by atoms with Crippen LogP contribution in [0.5, 0.6) is 11.5 Å². The largest absolute Gasteiger partial charge is 0.495 e. The first-order valence-corrected chi connectivity index (χ1v) is 5.30. The first kappa shape index (κ1) is 15.5. The molecule has 1 aromatic rings. The second kappa shape index (κ2) is 6.96. The van der Waals surface area contributed by atoms with Crippen LogP contribution in [0.2, 0.25) is 0 Å². The van der Waals surface area contributed by atoms with E-state index < -0.39 is 0 Å². The second-order valence-corrected chi connectivity index (χ2v) is 3.87. The Kier molecular flexibility index (Phi) is 6.74. The molecule has 92 valence electrons. The van der Waals surface area contributed by atoms with Gasteiger partial charge in [0.25, 0.3) is 0 Å². The molecular formula is C10H16BrClN2O2. The molecule has 0 aliphatic rings. The van der Waals surface area contributed by atoms with E-state index in [4.69, 9.17) is 20.9 Å². The summed E-state index contributed by atoms with van der Waals surface area (Å²) in [5.74, 6) is 1.38. The van der Waals surface area contributed by atoms with E-state index in [2.05, 4.69) is 15.9 Å². The van der Waals surface area contributed by atoms with Crippen molar-refractivity contribution in [2.75, 3.05) is 20.8 Å². The summed E-state index contributed by atoms with van der Waals surface area (Å²) < 4.78 is 11.2. The molecule has 1 aromatic carbocycles. The zero-order valence-electron chi connectivity index (χ0n) is 9.20. The molecule has 4 N–H and O–H groups in total. The highest BCUT2D eigenvalue weighted by Crippen LogP contribution is 2.36. The molecule has 6 heteroatoms. The van der Waals surface area contributed by atoms with E-state index >= 15 is 0 Å². The van der Waals surface area contributed by atoms with Gasteiger partial charge < -0.3 is 20.9 Å². The van der Waals surface area contributed by atoms with Crippen molar-refractivity contribution in [1.82, 2.24) is 0 Å². The number of halogens is 2. The maximum Gasteiger partial charge on any atom is 0.137 e. The monoisotopic (exact) mass is 310 g/mol. The Bertz CT molecular complexity index is 325. The first-order valence-electron chi connectivity index (χ1n) is 4.51. The molecule has 0 heterocycles. The number of ether oxygens (including phenoxy) is 2. The summed E-state index contributed by atoms with van der Waals surface area (Å²) in [4.78, 5) is 0. The number of hydrogen-bond donors (Lipinski definition) is 2. The summed E-state index contributed by atoms with van der Waals surface area (Å²) in [5, 5.41) is 0. The highest BCUT2D eigenvalue weighted by Gasteiger charge is 2.13. The van der Waals surface area contributed by atoms with Gasteiger partial charge in [0, 0.05) is 12.6 Å². The zero-order valence-corrected chi connectivity index (χ0v) is 11.6. The Hall–Kier alpha value is -0.490. The molecule has 0 spiro atoms. The van der Waals surface area contributed by atoms with Gasteiger partial charge in [0.15, 0.2) is 0 Å². The molecule has 0 amide bonds. The van der Waals surface area contributed by atoms with Gasteiger partial charge in [-0.25, -0.2) is 0 Å². The van der Waals surface area contributed by atoms with Crippen LogP contribution in [0.25, 0.3) is 0 Å². The standard InChI is InChI=1S/C10H15BrN2O2.ClH/c1-14-8-3-6(7(13)5-12)4-9(15-2)10(8)11;/h3-4,7H,5,12-13H2,1-2H3;1H/t7-;/m1./s1. The van der Waals surface area contributed by atoms with E-state index in [0.29, 0.717) is 18.0 Å². The second-order valence-electron chi connectivity index (χ2n) is 3.08. The fourth-order valence-electron chi connectivity index (χ4n) is 1.24. The van der Waals surface area contributed by atoms with E-state index in [9.17, 15) is 0 Å². The SMILES string of the molecule is COc1cc([C@H](N)CN)cc(OC)c1Br.Cl. The molecule has 0 aromatic heterocycles. The average molecular weight is 312 g/mol. The summed E-state index contributed by atoms with van der Waals surface area (Å²) in [7, 11) is 3.19. The molecule has 0 radical (unpaired) electrons. The van der Waals surface area contributed by atoms with Gasteiger partial charge in [-0.1, -0.05) is 0 Å². The summed E-state index contributed by atoms with van der Waals surface area (Å²) in [6, 6.07) is 3.50. The molecule has 0 saturated carbocycles. The highest BCUT2D eigenvalue weighted by molar-refractivity contribution is 9.10. The lowest BCUT2D eigenvalue weighted by Gasteiger charge is -2.14. The average Bonchev–Trinajstić information content (AvgIpc) is 2.28. The van der Waals surface area contributed by atoms with E-state index in [0.717, 1.165) is 10.0 Å². The van der Waals surface area contributed by atoms with Gasteiger partial charge in [0.2, 0.25) is 0 Å². The van der Waals surface area contributed by atoms with E-state index in [1.165, 1.54) is 0 Å². The van der Waals surface area contributed by atoms with Crippen molar-refractivity contribution < 1.29 is 9.47 Å². The van der Waals surface area contributed by atoms with Crippen molar-refractivity contribution >= 4 is 28.3 Å². The van der Waals surface area contributed by atoms with Crippen molar-refractivity contribution in [1.29, 1.82) is 0 Å². The fourth-order valence-corrected chi connectivity index (χ4v) is 1.79. The van der Waals surface area contributed by atoms with Gasteiger partial charge in [-0.15, -0.1) is 12.4 Å². The minimum absolute atomic E-state index is 0. The van der Waals surface area contributed by atoms with E-state index in [-0.39, 0.29) is 18.4 Å². The van der Waals surface area contributed by atoms with Crippen LogP contribution in [0.1, 0.15) is 11.6 Å². The number of nitrogens with two attached hydrogens (primary N) is 2. The van der Waals surface area contributed by atoms with Crippen LogP contribution < -0.4 is 20.9 Å². The van der Waals surface area contributed by atoms with Gasteiger partial charge in [-0.2, -0.15) is 0 Å². The number of rotatable bonds is 4. The van der Waals surface area contributed by atoms with Gasteiger partial charge >= 0.3 is 0 Å². The van der Waals surface area contributed by atoms with Crippen LogP contribution in [0.3, 0.4) is 0 Å². The fraction of sp³-hybridized carbons (Fsp3) is 0.400. The Labute approximate surface area is 110 Å². The number of benzene rings is 1. The van der Waals surface area contributed by atoms with E-state index in [1.807, 2.05) is 12.1 Å². The predicted molar refractivity (Wildman–Crippen MR) is 70.5 cm³/mol. The summed E-state index contributed by atoms with van der Waals surface area (Å²) in [6.45, 7) is 0.383. The van der Waals surface area contributed by atoms with Crippen LogP contribution in [0.15, 0.2) is 16.6 Å². The Balaban J connectivity index is 0.00000225. The molecule has 4 nitrogen and oxygen atoms in total. The molecule has 0 aliphatic carbocycles. The number of hydrogen-bond acceptors (Lipinski definition) is 4. The smallest absolute Gasteiger partial charge is 0.137 e. The lowest BCUT2D eigenvalue weighted by Crippen LogP contribution is -2.20. The van der Waals surface area contributed by atoms with Crippen molar-refractivity contribution in [3.63, 3.8) is 0 Å². The van der Waals surface area contributed by atoms with E-state index in [1.54, 1.807) is 14.2 Å². The molecule has 0 unspecified atom stereocenters. The number of methoxy groups -OCH3 is 2. The zero-order chi connectivity index (χ0) is 11.4. The molecular weight excluding hydrogens is 295 g/mol. The van der Waals surface area contributed by atoms with Gasteiger partial charge in [-0.3, -0.25) is 0 Å². The summed E-state index contributed by atoms with van der Waals surface area (Å²) >= 11 is 3.38. The van der Waals surface area contributed by atoms with Crippen molar-refractivity contribution in [2.45, 2.75) is 6.04 Å². The van der Waals surface area contributed by atoms with Gasteiger partial charge in [0.1, 0.15) is 16.0 Å². The highest BCUT2D eigenvalue weighted by atomic mass is 79.9. The molecule has 16 heavy (non-hydrogen) atoms. The minimum atomic E-state index is -0.208. The molecule has 0 aliphatic heterocycles. The predicted octanol–water partition coefficient (Wildman–Crippen LogP) is 1.85. The molecule has 0 bridgehead atoms. The molecule has 1 atom stereocenters. The molecule has 0 fully saturated rings. The summed E-state index contributed by atoms with van der Waals surface area (Å²) in [6.07, 6.45) is 0. The Morgan fingerprint density at radius 1 is 1.25 bits per heavy atom.